The third-order valence-corrected chi connectivity index (χ3v) is 4.77. The molecule has 1 atom stereocenters. The molecule has 1 saturated heterocycles. The van der Waals surface area contributed by atoms with Crippen LogP contribution in [0.15, 0.2) is 30.3 Å². The van der Waals surface area contributed by atoms with Crippen molar-refractivity contribution in [3.05, 3.63) is 52.8 Å². The van der Waals surface area contributed by atoms with Gasteiger partial charge in [0, 0.05) is 37.8 Å². The first-order valence-electron chi connectivity index (χ1n) is 8.68. The Kier molecular flexibility index (Phi) is 5.30. The molecular weight excluding hydrogens is 300 g/mol. The lowest BCUT2D eigenvalue weighted by molar-refractivity contribution is -0.121. The first kappa shape index (κ1) is 16.7. The Morgan fingerprint density at radius 2 is 2.12 bits per heavy atom. The van der Waals surface area contributed by atoms with Crippen molar-refractivity contribution in [2.24, 2.45) is 0 Å². The Balaban J connectivity index is 1.43. The SMILES string of the molecule is Cc1n[nH]c(C)c1CCC(=O)N[C@H]1CCN(Cc2ccccc2)C1. The van der Waals surface area contributed by atoms with Gasteiger partial charge >= 0.3 is 0 Å². The lowest BCUT2D eigenvalue weighted by Gasteiger charge is -2.17. The van der Waals surface area contributed by atoms with Gasteiger partial charge in [0.05, 0.1) is 5.69 Å². The maximum atomic E-state index is 12.2. The van der Waals surface area contributed by atoms with Crippen LogP contribution in [0, 0.1) is 13.8 Å². The van der Waals surface area contributed by atoms with Gasteiger partial charge in [-0.1, -0.05) is 30.3 Å². The Hall–Kier alpha value is -2.14. The second-order valence-electron chi connectivity index (χ2n) is 6.69. The highest BCUT2D eigenvalue weighted by atomic mass is 16.1. The molecule has 1 fully saturated rings. The molecule has 1 aromatic carbocycles. The normalized spacial score (nSPS) is 18.0. The molecule has 24 heavy (non-hydrogen) atoms. The van der Waals surface area contributed by atoms with Crippen molar-refractivity contribution in [1.82, 2.24) is 20.4 Å². The zero-order valence-corrected chi connectivity index (χ0v) is 14.5. The number of amides is 1. The van der Waals surface area contributed by atoms with Gasteiger partial charge in [-0.15, -0.1) is 0 Å². The number of nitrogens with zero attached hydrogens (tertiary/aromatic N) is 2. The molecule has 1 aromatic heterocycles. The van der Waals surface area contributed by atoms with Crippen LogP contribution in [0.5, 0.6) is 0 Å². The summed E-state index contributed by atoms with van der Waals surface area (Å²) in [6, 6.07) is 10.8. The van der Waals surface area contributed by atoms with E-state index in [1.165, 1.54) is 11.1 Å². The van der Waals surface area contributed by atoms with Crippen molar-refractivity contribution in [3.63, 3.8) is 0 Å². The van der Waals surface area contributed by atoms with Crippen LogP contribution < -0.4 is 5.32 Å². The molecule has 5 nitrogen and oxygen atoms in total. The number of aromatic nitrogens is 2. The number of aromatic amines is 1. The molecule has 2 aromatic rings. The fourth-order valence-electron chi connectivity index (χ4n) is 3.42. The van der Waals surface area contributed by atoms with Crippen LogP contribution in [-0.4, -0.2) is 40.1 Å². The Morgan fingerprint density at radius 3 is 2.83 bits per heavy atom. The predicted octanol–water partition coefficient (Wildman–Crippen LogP) is 2.35. The topological polar surface area (TPSA) is 61.0 Å². The summed E-state index contributed by atoms with van der Waals surface area (Å²) >= 11 is 0. The standard InChI is InChI=1S/C19H26N4O/c1-14-18(15(2)22-21-14)8-9-19(24)20-17-10-11-23(13-17)12-16-6-4-3-5-7-16/h3-7,17H,8-13H2,1-2H3,(H,20,24)(H,21,22)/t17-/m0/s1. The Morgan fingerprint density at radius 1 is 1.33 bits per heavy atom. The van der Waals surface area contributed by atoms with E-state index in [4.69, 9.17) is 0 Å². The maximum Gasteiger partial charge on any atom is 0.220 e. The molecule has 5 heteroatoms. The smallest absolute Gasteiger partial charge is 0.220 e. The van der Waals surface area contributed by atoms with E-state index in [-0.39, 0.29) is 11.9 Å². The van der Waals surface area contributed by atoms with Crippen molar-refractivity contribution in [2.45, 2.75) is 45.7 Å². The average Bonchev–Trinajstić information content (AvgIpc) is 3.13. The summed E-state index contributed by atoms with van der Waals surface area (Å²) < 4.78 is 0. The number of nitrogens with one attached hydrogen (secondary N) is 2. The quantitative estimate of drug-likeness (QED) is 0.856. The summed E-state index contributed by atoms with van der Waals surface area (Å²) in [5.74, 6) is 0.140. The summed E-state index contributed by atoms with van der Waals surface area (Å²) in [6.45, 7) is 6.92. The molecule has 0 unspecified atom stereocenters. The molecule has 128 valence electrons. The predicted molar refractivity (Wildman–Crippen MR) is 94.6 cm³/mol. The molecule has 0 aliphatic carbocycles. The van der Waals surface area contributed by atoms with Crippen molar-refractivity contribution < 1.29 is 4.79 Å². The van der Waals surface area contributed by atoms with E-state index in [1.54, 1.807) is 0 Å². The van der Waals surface area contributed by atoms with Gasteiger partial charge < -0.3 is 5.32 Å². The first-order valence-corrected chi connectivity index (χ1v) is 8.68. The molecular formula is C19H26N4O. The minimum atomic E-state index is 0.140. The van der Waals surface area contributed by atoms with Crippen LogP contribution in [0.4, 0.5) is 0 Å². The summed E-state index contributed by atoms with van der Waals surface area (Å²) in [6.07, 6.45) is 2.30. The van der Waals surface area contributed by atoms with E-state index >= 15 is 0 Å². The second kappa shape index (κ2) is 7.62. The summed E-state index contributed by atoms with van der Waals surface area (Å²) in [7, 11) is 0. The monoisotopic (exact) mass is 326 g/mol. The number of benzene rings is 1. The molecule has 0 bridgehead atoms. The Labute approximate surface area is 143 Å². The van der Waals surface area contributed by atoms with Gasteiger partial charge in [0.15, 0.2) is 0 Å². The minimum Gasteiger partial charge on any atom is -0.352 e. The van der Waals surface area contributed by atoms with Crippen molar-refractivity contribution in [3.8, 4) is 0 Å². The van der Waals surface area contributed by atoms with Gasteiger partial charge in [-0.3, -0.25) is 14.8 Å². The summed E-state index contributed by atoms with van der Waals surface area (Å²) in [4.78, 5) is 14.6. The Bertz CT molecular complexity index is 660. The highest BCUT2D eigenvalue weighted by molar-refractivity contribution is 5.76. The van der Waals surface area contributed by atoms with Crippen molar-refractivity contribution >= 4 is 5.91 Å². The fraction of sp³-hybridized carbons (Fsp3) is 0.474. The number of hydrogen-bond acceptors (Lipinski definition) is 3. The molecule has 1 aliphatic heterocycles. The van der Waals surface area contributed by atoms with Crippen LogP contribution in [-0.2, 0) is 17.8 Å². The van der Waals surface area contributed by atoms with Crippen LogP contribution in [0.3, 0.4) is 0 Å². The number of H-pyrrole nitrogens is 1. The summed E-state index contributed by atoms with van der Waals surface area (Å²) in [5, 5.41) is 10.3. The molecule has 2 heterocycles. The van der Waals surface area contributed by atoms with E-state index in [9.17, 15) is 4.79 Å². The second-order valence-corrected chi connectivity index (χ2v) is 6.69. The van der Waals surface area contributed by atoms with E-state index < -0.39 is 0 Å². The van der Waals surface area contributed by atoms with E-state index in [0.29, 0.717) is 6.42 Å². The van der Waals surface area contributed by atoms with Crippen molar-refractivity contribution in [2.75, 3.05) is 13.1 Å². The molecule has 0 saturated carbocycles. The van der Waals surface area contributed by atoms with Crippen LogP contribution in [0.25, 0.3) is 0 Å². The minimum absolute atomic E-state index is 0.140. The molecule has 3 rings (SSSR count). The van der Waals surface area contributed by atoms with Gasteiger partial charge in [0.2, 0.25) is 5.91 Å². The van der Waals surface area contributed by atoms with Gasteiger partial charge in [0.1, 0.15) is 0 Å². The van der Waals surface area contributed by atoms with Gasteiger partial charge in [-0.25, -0.2) is 0 Å². The number of hydrogen-bond donors (Lipinski definition) is 2. The largest absolute Gasteiger partial charge is 0.352 e. The number of rotatable bonds is 6. The van der Waals surface area contributed by atoms with Crippen LogP contribution in [0.1, 0.15) is 35.4 Å². The number of carbonyl (C=O) groups is 1. The van der Waals surface area contributed by atoms with E-state index in [1.807, 2.05) is 19.9 Å². The van der Waals surface area contributed by atoms with Gasteiger partial charge in [-0.05, 0) is 37.8 Å². The number of likely N-dealkylation sites (tertiary alicyclic amines) is 1. The average molecular weight is 326 g/mol. The third kappa shape index (κ3) is 4.23. The number of carbonyl (C=O) groups excluding carboxylic acids is 1. The third-order valence-electron chi connectivity index (χ3n) is 4.77. The molecule has 1 amide bonds. The van der Waals surface area contributed by atoms with Crippen molar-refractivity contribution in [1.29, 1.82) is 0 Å². The summed E-state index contributed by atoms with van der Waals surface area (Å²) in [5.41, 5.74) is 4.56. The highest BCUT2D eigenvalue weighted by Gasteiger charge is 2.23. The molecule has 1 aliphatic rings. The zero-order valence-electron chi connectivity index (χ0n) is 14.5. The van der Waals surface area contributed by atoms with Gasteiger partial charge in [0.25, 0.3) is 0 Å². The van der Waals surface area contributed by atoms with E-state index in [0.717, 1.165) is 43.9 Å². The first-order chi connectivity index (χ1) is 11.6. The van der Waals surface area contributed by atoms with Crippen LogP contribution in [0.2, 0.25) is 0 Å². The number of aryl methyl sites for hydroxylation is 2. The maximum absolute atomic E-state index is 12.2. The molecule has 0 spiro atoms. The fourth-order valence-corrected chi connectivity index (χ4v) is 3.42. The lowest BCUT2D eigenvalue weighted by atomic mass is 10.1. The van der Waals surface area contributed by atoms with Crippen LogP contribution >= 0.6 is 0 Å². The zero-order chi connectivity index (χ0) is 16.9. The molecule has 0 radical (unpaired) electrons. The lowest BCUT2D eigenvalue weighted by Crippen LogP contribution is -2.37. The highest BCUT2D eigenvalue weighted by Crippen LogP contribution is 2.15. The molecule has 2 N–H and O–H groups in total. The van der Waals surface area contributed by atoms with Gasteiger partial charge in [-0.2, -0.15) is 5.10 Å². The van der Waals surface area contributed by atoms with E-state index in [2.05, 4.69) is 44.7 Å².